The van der Waals surface area contributed by atoms with Crippen molar-refractivity contribution in [1.82, 2.24) is 5.32 Å². The van der Waals surface area contributed by atoms with Gasteiger partial charge in [0, 0.05) is 30.4 Å². The van der Waals surface area contributed by atoms with Gasteiger partial charge in [-0.05, 0) is 62.8 Å². The minimum atomic E-state index is 0.0458. The predicted octanol–water partition coefficient (Wildman–Crippen LogP) is 3.24. The van der Waals surface area contributed by atoms with E-state index < -0.39 is 0 Å². The first-order valence-electron chi connectivity index (χ1n) is 8.47. The Morgan fingerprint density at radius 1 is 1.23 bits per heavy atom. The van der Waals surface area contributed by atoms with Gasteiger partial charge in [-0.3, -0.25) is 4.79 Å². The van der Waals surface area contributed by atoms with Gasteiger partial charge < -0.3 is 15.7 Å². The molecule has 0 radical (unpaired) electrons. The molecule has 122 valence electrons. The van der Waals surface area contributed by atoms with E-state index in [2.05, 4.69) is 10.6 Å². The Kier molecular flexibility index (Phi) is 6.72. The summed E-state index contributed by atoms with van der Waals surface area (Å²) in [6, 6.07) is 6.20. The number of nitrogens with one attached hydrogen (secondary N) is 2. The standard InChI is InChI=1S/C18H28N2O2/c1-14-13-15(18(22)20-16-7-3-4-8-16)9-10-17(14)19-11-5-2-6-12-21/h9-10,13,16,19,21H,2-8,11-12H2,1H3,(H,20,22). The van der Waals surface area contributed by atoms with Crippen LogP contribution in [0, 0.1) is 6.92 Å². The van der Waals surface area contributed by atoms with Gasteiger partial charge in [-0.25, -0.2) is 0 Å². The van der Waals surface area contributed by atoms with Crippen LogP contribution in [-0.4, -0.2) is 30.2 Å². The van der Waals surface area contributed by atoms with Crippen LogP contribution in [0.2, 0.25) is 0 Å². The van der Waals surface area contributed by atoms with Crippen molar-refractivity contribution in [2.75, 3.05) is 18.5 Å². The molecule has 0 bridgehead atoms. The number of carbonyl (C=O) groups excluding carboxylic acids is 1. The second-order valence-corrected chi connectivity index (χ2v) is 6.20. The van der Waals surface area contributed by atoms with Crippen molar-refractivity contribution in [3.05, 3.63) is 29.3 Å². The summed E-state index contributed by atoms with van der Waals surface area (Å²) < 4.78 is 0. The van der Waals surface area contributed by atoms with Crippen LogP contribution in [0.1, 0.15) is 60.9 Å². The molecule has 1 aliphatic rings. The van der Waals surface area contributed by atoms with Crippen LogP contribution in [0.4, 0.5) is 5.69 Å². The van der Waals surface area contributed by atoms with Gasteiger partial charge in [0.15, 0.2) is 0 Å². The van der Waals surface area contributed by atoms with Gasteiger partial charge in [0.1, 0.15) is 0 Å². The minimum absolute atomic E-state index is 0.0458. The molecule has 1 saturated carbocycles. The van der Waals surface area contributed by atoms with Crippen LogP contribution in [0.15, 0.2) is 18.2 Å². The first-order chi connectivity index (χ1) is 10.7. The van der Waals surface area contributed by atoms with E-state index in [4.69, 9.17) is 5.11 Å². The van der Waals surface area contributed by atoms with Gasteiger partial charge in [-0.1, -0.05) is 12.8 Å². The largest absolute Gasteiger partial charge is 0.396 e. The average molecular weight is 304 g/mol. The van der Waals surface area contributed by atoms with E-state index in [1.54, 1.807) is 0 Å². The van der Waals surface area contributed by atoms with E-state index >= 15 is 0 Å². The number of aliphatic hydroxyl groups excluding tert-OH is 1. The molecule has 0 heterocycles. The van der Waals surface area contributed by atoms with Gasteiger partial charge in [-0.15, -0.1) is 0 Å². The quantitative estimate of drug-likeness (QED) is 0.646. The van der Waals surface area contributed by atoms with E-state index in [-0.39, 0.29) is 12.5 Å². The van der Waals surface area contributed by atoms with Crippen molar-refractivity contribution in [2.45, 2.75) is 57.9 Å². The second-order valence-electron chi connectivity index (χ2n) is 6.20. The van der Waals surface area contributed by atoms with Crippen molar-refractivity contribution in [3.8, 4) is 0 Å². The molecule has 1 amide bonds. The fourth-order valence-electron chi connectivity index (χ4n) is 2.98. The summed E-state index contributed by atoms with van der Waals surface area (Å²) in [6.07, 6.45) is 7.61. The predicted molar refractivity (Wildman–Crippen MR) is 90.3 cm³/mol. The van der Waals surface area contributed by atoms with Gasteiger partial charge in [0.25, 0.3) is 5.91 Å². The SMILES string of the molecule is Cc1cc(C(=O)NC2CCCC2)ccc1NCCCCCO. The van der Waals surface area contributed by atoms with Crippen LogP contribution >= 0.6 is 0 Å². The van der Waals surface area contributed by atoms with Gasteiger partial charge in [-0.2, -0.15) is 0 Å². The molecule has 2 rings (SSSR count). The highest BCUT2D eigenvalue weighted by Gasteiger charge is 2.18. The zero-order valence-electron chi connectivity index (χ0n) is 13.5. The third kappa shape index (κ3) is 5.02. The normalized spacial score (nSPS) is 15.0. The van der Waals surface area contributed by atoms with Crippen LogP contribution < -0.4 is 10.6 Å². The molecule has 1 fully saturated rings. The van der Waals surface area contributed by atoms with Crippen LogP contribution in [0.25, 0.3) is 0 Å². The molecular weight excluding hydrogens is 276 g/mol. The minimum Gasteiger partial charge on any atom is -0.396 e. The third-order valence-corrected chi connectivity index (χ3v) is 4.33. The topological polar surface area (TPSA) is 61.4 Å². The van der Waals surface area contributed by atoms with Crippen LogP contribution in [0.5, 0.6) is 0 Å². The van der Waals surface area contributed by atoms with E-state index in [1.807, 2.05) is 25.1 Å². The highest BCUT2D eigenvalue weighted by atomic mass is 16.2. The Balaban J connectivity index is 1.84. The first-order valence-corrected chi connectivity index (χ1v) is 8.47. The lowest BCUT2D eigenvalue weighted by Gasteiger charge is -2.14. The van der Waals surface area contributed by atoms with Crippen molar-refractivity contribution >= 4 is 11.6 Å². The molecule has 22 heavy (non-hydrogen) atoms. The van der Waals surface area contributed by atoms with Crippen molar-refractivity contribution in [3.63, 3.8) is 0 Å². The second kappa shape index (κ2) is 8.79. The Morgan fingerprint density at radius 2 is 2.00 bits per heavy atom. The summed E-state index contributed by atoms with van der Waals surface area (Å²) in [6.45, 7) is 3.20. The Morgan fingerprint density at radius 3 is 2.68 bits per heavy atom. The molecule has 0 saturated heterocycles. The molecule has 0 unspecified atom stereocenters. The Hall–Kier alpha value is -1.55. The number of aliphatic hydroxyl groups is 1. The fraction of sp³-hybridized carbons (Fsp3) is 0.611. The molecule has 0 aromatic heterocycles. The van der Waals surface area contributed by atoms with E-state index in [0.29, 0.717) is 6.04 Å². The maximum atomic E-state index is 12.2. The number of anilines is 1. The Labute approximate surface area is 133 Å². The molecule has 0 aliphatic heterocycles. The van der Waals surface area contributed by atoms with E-state index in [9.17, 15) is 4.79 Å². The molecule has 0 atom stereocenters. The molecular formula is C18H28N2O2. The fourth-order valence-corrected chi connectivity index (χ4v) is 2.98. The maximum Gasteiger partial charge on any atom is 0.251 e. The summed E-state index contributed by atoms with van der Waals surface area (Å²) in [5.41, 5.74) is 2.93. The molecule has 4 heteroatoms. The molecule has 3 N–H and O–H groups in total. The maximum absolute atomic E-state index is 12.2. The number of rotatable bonds is 8. The molecule has 4 nitrogen and oxygen atoms in total. The highest BCUT2D eigenvalue weighted by molar-refractivity contribution is 5.95. The molecule has 1 aromatic carbocycles. The molecule has 0 spiro atoms. The zero-order chi connectivity index (χ0) is 15.8. The smallest absolute Gasteiger partial charge is 0.251 e. The summed E-state index contributed by atoms with van der Waals surface area (Å²) in [7, 11) is 0. The van der Waals surface area contributed by atoms with Crippen molar-refractivity contribution in [1.29, 1.82) is 0 Å². The van der Waals surface area contributed by atoms with Crippen molar-refractivity contribution < 1.29 is 9.90 Å². The molecule has 1 aliphatic carbocycles. The number of benzene rings is 1. The lowest BCUT2D eigenvalue weighted by molar-refractivity contribution is 0.0938. The van der Waals surface area contributed by atoms with Crippen LogP contribution in [-0.2, 0) is 0 Å². The number of aryl methyl sites for hydroxylation is 1. The summed E-state index contributed by atoms with van der Waals surface area (Å²) in [4.78, 5) is 12.2. The van der Waals surface area contributed by atoms with Gasteiger partial charge in [0.2, 0.25) is 0 Å². The highest BCUT2D eigenvalue weighted by Crippen LogP contribution is 2.20. The number of carbonyl (C=O) groups is 1. The van der Waals surface area contributed by atoms with Crippen molar-refractivity contribution in [2.24, 2.45) is 0 Å². The summed E-state index contributed by atoms with van der Waals surface area (Å²) in [5, 5.41) is 15.3. The zero-order valence-corrected chi connectivity index (χ0v) is 13.5. The van der Waals surface area contributed by atoms with Gasteiger partial charge >= 0.3 is 0 Å². The first kappa shape index (κ1) is 16.8. The lowest BCUT2D eigenvalue weighted by Crippen LogP contribution is -2.32. The third-order valence-electron chi connectivity index (χ3n) is 4.33. The van der Waals surface area contributed by atoms with E-state index in [0.717, 1.165) is 55.5 Å². The van der Waals surface area contributed by atoms with Gasteiger partial charge in [0.05, 0.1) is 0 Å². The van der Waals surface area contributed by atoms with E-state index in [1.165, 1.54) is 12.8 Å². The monoisotopic (exact) mass is 304 g/mol. The summed E-state index contributed by atoms with van der Waals surface area (Å²) in [5.74, 6) is 0.0458. The number of hydrogen-bond donors (Lipinski definition) is 3. The number of hydrogen-bond acceptors (Lipinski definition) is 3. The van der Waals surface area contributed by atoms with Crippen LogP contribution in [0.3, 0.4) is 0 Å². The molecule has 1 aromatic rings. The lowest BCUT2D eigenvalue weighted by atomic mass is 10.1. The number of unbranched alkanes of at least 4 members (excludes halogenated alkanes) is 2. The summed E-state index contributed by atoms with van der Waals surface area (Å²) >= 11 is 0. The number of amides is 1. The average Bonchev–Trinajstić information content (AvgIpc) is 3.01. The Bertz CT molecular complexity index is 482.